The van der Waals surface area contributed by atoms with Crippen LogP contribution >= 0.6 is 0 Å². The van der Waals surface area contributed by atoms with Gasteiger partial charge < -0.3 is 24.7 Å². The van der Waals surface area contributed by atoms with Crippen molar-refractivity contribution in [3.63, 3.8) is 0 Å². The molecule has 0 aliphatic heterocycles. The molecule has 0 spiro atoms. The Morgan fingerprint density at radius 3 is 2.42 bits per heavy atom. The number of aromatic nitrogens is 2. The number of likely N-dealkylation sites (N-methyl/N-ethyl adjacent to an activating group) is 1. The van der Waals surface area contributed by atoms with Crippen molar-refractivity contribution in [3.05, 3.63) is 47.8 Å². The molecule has 218 valence electrons. The first-order chi connectivity index (χ1) is 18.7. The summed E-state index contributed by atoms with van der Waals surface area (Å²) in [5.41, 5.74) is 1.30. The minimum atomic E-state index is -4.79. The van der Waals surface area contributed by atoms with Gasteiger partial charge in [0.25, 0.3) is 5.91 Å². The number of esters is 1. The highest BCUT2D eigenvalue weighted by molar-refractivity contribution is 5.99. The number of carbonyl (C=O) groups excluding carboxylic acids is 2. The number of imidazole rings is 1. The number of hydrogen-bond acceptors (Lipinski definition) is 6. The van der Waals surface area contributed by atoms with E-state index in [0.717, 1.165) is 29.0 Å². The van der Waals surface area contributed by atoms with E-state index in [1.54, 1.807) is 0 Å². The van der Waals surface area contributed by atoms with E-state index in [0.29, 0.717) is 11.1 Å². The number of nitrogens with one attached hydrogen (secondary N) is 2. The van der Waals surface area contributed by atoms with Gasteiger partial charge in [-0.1, -0.05) is 33.6 Å². The molecule has 8 nitrogen and oxygen atoms in total. The van der Waals surface area contributed by atoms with Crippen LogP contribution in [-0.4, -0.2) is 53.8 Å². The van der Waals surface area contributed by atoms with Crippen LogP contribution in [0.1, 0.15) is 56.8 Å². The third-order valence-electron chi connectivity index (χ3n) is 6.54. The average Bonchev–Trinajstić information content (AvgIpc) is 3.23. The van der Waals surface area contributed by atoms with E-state index in [4.69, 9.17) is 0 Å². The molecule has 12 heteroatoms. The lowest BCUT2D eigenvalue weighted by Crippen LogP contribution is -2.33. The van der Waals surface area contributed by atoms with Gasteiger partial charge in [-0.15, -0.1) is 13.2 Å². The van der Waals surface area contributed by atoms with E-state index in [2.05, 4.69) is 45.5 Å². The van der Waals surface area contributed by atoms with Gasteiger partial charge in [0, 0.05) is 18.8 Å². The quantitative estimate of drug-likeness (QED) is 0.251. The molecule has 0 radical (unpaired) electrons. The first kappa shape index (κ1) is 30.7. The predicted molar refractivity (Wildman–Crippen MR) is 143 cm³/mol. The van der Waals surface area contributed by atoms with Gasteiger partial charge in [0.2, 0.25) is 5.95 Å². The monoisotopic (exact) mass is 566 g/mol. The van der Waals surface area contributed by atoms with Crippen LogP contribution in [0.15, 0.2) is 36.4 Å². The van der Waals surface area contributed by atoms with Crippen molar-refractivity contribution in [2.24, 2.45) is 11.3 Å². The number of H-pyrrole nitrogens is 1. The van der Waals surface area contributed by atoms with Gasteiger partial charge in [0.05, 0.1) is 23.7 Å². The number of ether oxygens (including phenoxy) is 2. The zero-order valence-electron chi connectivity index (χ0n) is 23.1. The van der Waals surface area contributed by atoms with Crippen LogP contribution in [0.2, 0.25) is 0 Å². The Morgan fingerprint density at radius 2 is 1.88 bits per heavy atom. The summed E-state index contributed by atoms with van der Waals surface area (Å²) in [6.07, 6.45) is 1.000. The highest BCUT2D eigenvalue weighted by Gasteiger charge is 2.31. The molecule has 0 unspecified atom stereocenters. The zero-order valence-corrected chi connectivity index (χ0v) is 23.1. The summed E-state index contributed by atoms with van der Waals surface area (Å²) < 4.78 is 59.4. The standard InChI is InChI=1S/C19H16F4N4O4.C9H18/c1-27(9-16(28)30-2)17(29)12-7-14-15(8-13(12)20)26-18(25-14)24-10-3-5-11(6-4-10)31-19(21,22)23;1-8-5-4-6-9(2,3)7-8/h3-8H,9H2,1-2H3,(H2,24,25,26);8H,4-7H2,1-3H3/t;8-/m.1/s1. The molecule has 0 bridgehead atoms. The molecule has 1 aliphatic carbocycles. The third kappa shape index (κ3) is 8.85. The van der Waals surface area contributed by atoms with E-state index in [1.807, 2.05) is 0 Å². The molecular weight excluding hydrogens is 532 g/mol. The maximum absolute atomic E-state index is 14.4. The molecule has 1 heterocycles. The molecule has 40 heavy (non-hydrogen) atoms. The third-order valence-corrected chi connectivity index (χ3v) is 6.54. The first-order valence-corrected chi connectivity index (χ1v) is 12.8. The SMILES string of the molecule is COC(=O)CN(C)C(=O)c1cc2nc(Nc3ccc(OC(F)(F)F)cc3)[nH]c2cc1F.C[C@@H]1CCCC(C)(C)C1. The summed E-state index contributed by atoms with van der Waals surface area (Å²) in [7, 11) is 2.50. The Bertz CT molecular complexity index is 1320. The Hall–Kier alpha value is -3.83. The highest BCUT2D eigenvalue weighted by atomic mass is 19.4. The molecule has 3 aromatic rings. The van der Waals surface area contributed by atoms with Crippen LogP contribution in [0.4, 0.5) is 29.2 Å². The van der Waals surface area contributed by atoms with E-state index in [9.17, 15) is 27.2 Å². The Kier molecular flexibility index (Phi) is 9.65. The lowest BCUT2D eigenvalue weighted by Gasteiger charge is -2.33. The number of benzene rings is 2. The average molecular weight is 567 g/mol. The molecule has 1 amide bonds. The minimum absolute atomic E-state index is 0.173. The normalized spacial score (nSPS) is 16.5. The lowest BCUT2D eigenvalue weighted by molar-refractivity contribution is -0.274. The van der Waals surface area contributed by atoms with Gasteiger partial charge in [-0.2, -0.15) is 0 Å². The van der Waals surface area contributed by atoms with Gasteiger partial charge in [0.15, 0.2) is 0 Å². The second-order valence-electron chi connectivity index (χ2n) is 10.7. The molecule has 0 saturated heterocycles. The smallest absolute Gasteiger partial charge is 0.468 e. The number of alkyl halides is 3. The summed E-state index contributed by atoms with van der Waals surface area (Å²) in [6, 6.07) is 7.21. The second kappa shape index (κ2) is 12.6. The number of rotatable bonds is 6. The molecule has 2 N–H and O–H groups in total. The number of methoxy groups -OCH3 is 1. The largest absolute Gasteiger partial charge is 0.573 e. The molecule has 1 aromatic heterocycles. The topological polar surface area (TPSA) is 96.6 Å². The number of halogens is 4. The number of amides is 1. The number of nitrogens with zero attached hydrogens (tertiary/aromatic N) is 2. The number of aromatic amines is 1. The van der Waals surface area contributed by atoms with Crippen molar-refractivity contribution in [1.82, 2.24) is 14.9 Å². The van der Waals surface area contributed by atoms with Crippen molar-refractivity contribution in [1.29, 1.82) is 0 Å². The van der Waals surface area contributed by atoms with Crippen LogP contribution < -0.4 is 10.1 Å². The van der Waals surface area contributed by atoms with Crippen molar-refractivity contribution >= 4 is 34.5 Å². The van der Waals surface area contributed by atoms with Gasteiger partial charge in [-0.25, -0.2) is 9.37 Å². The van der Waals surface area contributed by atoms with Gasteiger partial charge >= 0.3 is 12.3 Å². The van der Waals surface area contributed by atoms with Crippen LogP contribution in [-0.2, 0) is 9.53 Å². The summed E-state index contributed by atoms with van der Waals surface area (Å²) >= 11 is 0. The maximum atomic E-state index is 14.4. The van der Waals surface area contributed by atoms with E-state index < -0.39 is 24.1 Å². The second-order valence-corrected chi connectivity index (χ2v) is 10.7. The lowest BCUT2D eigenvalue weighted by atomic mass is 9.73. The van der Waals surface area contributed by atoms with E-state index >= 15 is 0 Å². The Labute approximate surface area is 230 Å². The van der Waals surface area contributed by atoms with Crippen molar-refractivity contribution in [2.75, 3.05) is 26.0 Å². The molecule has 1 fully saturated rings. The molecule has 4 rings (SSSR count). The van der Waals surface area contributed by atoms with Crippen molar-refractivity contribution < 1.29 is 36.6 Å². The molecule has 1 atom stereocenters. The Morgan fingerprint density at radius 1 is 1.20 bits per heavy atom. The summed E-state index contributed by atoms with van der Waals surface area (Å²) in [5, 5.41) is 2.83. The number of carbonyl (C=O) groups is 2. The number of fused-ring (bicyclic) bond motifs is 1. The number of hydrogen-bond donors (Lipinski definition) is 2. The van der Waals surface area contributed by atoms with Crippen LogP contribution in [0, 0.1) is 17.2 Å². The minimum Gasteiger partial charge on any atom is -0.468 e. The van der Waals surface area contributed by atoms with Crippen molar-refractivity contribution in [3.8, 4) is 5.75 Å². The summed E-state index contributed by atoms with van der Waals surface area (Å²) in [6.45, 7) is 6.81. The zero-order chi connectivity index (χ0) is 29.7. The number of anilines is 2. The summed E-state index contributed by atoms with van der Waals surface area (Å²) in [4.78, 5) is 31.8. The fraction of sp³-hybridized carbons (Fsp3) is 0.464. The van der Waals surface area contributed by atoms with E-state index in [1.165, 1.54) is 58.0 Å². The van der Waals surface area contributed by atoms with Crippen LogP contribution in [0.3, 0.4) is 0 Å². The summed E-state index contributed by atoms with van der Waals surface area (Å²) in [5.74, 6) is -1.44. The van der Waals surface area contributed by atoms with Gasteiger partial charge in [-0.3, -0.25) is 9.59 Å². The molecule has 1 aliphatic rings. The van der Waals surface area contributed by atoms with Gasteiger partial charge in [0.1, 0.15) is 18.1 Å². The fourth-order valence-corrected chi connectivity index (χ4v) is 4.74. The van der Waals surface area contributed by atoms with Crippen molar-refractivity contribution in [2.45, 2.75) is 52.8 Å². The highest BCUT2D eigenvalue weighted by Crippen LogP contribution is 2.38. The fourth-order valence-electron chi connectivity index (χ4n) is 4.74. The first-order valence-electron chi connectivity index (χ1n) is 12.8. The molecular formula is C28H34F4N4O4. The van der Waals surface area contributed by atoms with Gasteiger partial charge in [-0.05, 0) is 54.5 Å². The molecule has 2 aromatic carbocycles. The molecule has 1 saturated carbocycles. The van der Waals surface area contributed by atoms with Crippen LogP contribution in [0.25, 0.3) is 11.0 Å². The predicted octanol–water partition coefficient (Wildman–Crippen LogP) is 6.81. The van der Waals surface area contributed by atoms with Crippen LogP contribution in [0.5, 0.6) is 5.75 Å². The van der Waals surface area contributed by atoms with E-state index in [-0.39, 0.29) is 34.8 Å². The maximum Gasteiger partial charge on any atom is 0.573 e. The Balaban J connectivity index is 0.000000415.